The van der Waals surface area contributed by atoms with Crippen LogP contribution in [0.5, 0.6) is 0 Å². The third-order valence-electron chi connectivity index (χ3n) is 3.63. The van der Waals surface area contributed by atoms with Gasteiger partial charge in [0.1, 0.15) is 5.44 Å². The Morgan fingerprint density at radius 3 is 1.88 bits per heavy atom. The molecule has 0 N–H and O–H groups in total. The van der Waals surface area contributed by atoms with Crippen molar-refractivity contribution in [1.29, 1.82) is 0 Å². The first-order chi connectivity index (χ1) is 12.3. The molecule has 2 rings (SSSR count). The Bertz CT molecular complexity index is 648. The van der Waals surface area contributed by atoms with E-state index >= 15 is 0 Å². The van der Waals surface area contributed by atoms with Gasteiger partial charge in [0.2, 0.25) is 0 Å². The summed E-state index contributed by atoms with van der Waals surface area (Å²) in [5.74, 6) is -1.66. The van der Waals surface area contributed by atoms with E-state index in [9.17, 15) is 14.4 Å². The van der Waals surface area contributed by atoms with Crippen molar-refractivity contribution in [3.8, 4) is 0 Å². The molecule has 1 saturated heterocycles. The van der Waals surface area contributed by atoms with E-state index < -0.39 is 47.8 Å². The molecule has 7 nitrogen and oxygen atoms in total. The Labute approximate surface area is 156 Å². The summed E-state index contributed by atoms with van der Waals surface area (Å²) in [4.78, 5) is 35.6. The Kier molecular flexibility index (Phi) is 7.05. The van der Waals surface area contributed by atoms with E-state index in [0.29, 0.717) is 0 Å². The number of esters is 3. The number of carbonyl (C=O) groups excluding carboxylic acids is 3. The van der Waals surface area contributed by atoms with Crippen LogP contribution in [-0.2, 0) is 33.3 Å². The topological polar surface area (TPSA) is 88.1 Å². The molecular weight excluding hydrogens is 360 g/mol. The van der Waals surface area contributed by atoms with Gasteiger partial charge in [-0.15, -0.1) is 0 Å². The minimum atomic E-state index is -0.967. The zero-order valence-electron chi connectivity index (χ0n) is 15.0. The van der Waals surface area contributed by atoms with Crippen LogP contribution in [0.3, 0.4) is 0 Å². The van der Waals surface area contributed by atoms with Gasteiger partial charge in [-0.05, 0) is 19.1 Å². The van der Waals surface area contributed by atoms with Gasteiger partial charge in [-0.25, -0.2) is 0 Å². The molecule has 1 fully saturated rings. The highest BCUT2D eigenvalue weighted by Crippen LogP contribution is 2.37. The molecule has 0 radical (unpaired) electrons. The van der Waals surface area contributed by atoms with Crippen LogP contribution in [0.2, 0.25) is 0 Å². The lowest BCUT2D eigenvalue weighted by Gasteiger charge is -2.43. The lowest BCUT2D eigenvalue weighted by molar-refractivity contribution is -0.229. The lowest BCUT2D eigenvalue weighted by Crippen LogP contribution is -2.59. The van der Waals surface area contributed by atoms with Crippen molar-refractivity contribution in [3.05, 3.63) is 30.3 Å². The van der Waals surface area contributed by atoms with E-state index in [1.807, 2.05) is 30.3 Å². The summed E-state index contributed by atoms with van der Waals surface area (Å²) >= 11 is 1.34. The van der Waals surface area contributed by atoms with Gasteiger partial charge >= 0.3 is 17.9 Å². The molecule has 1 heterocycles. The number of ether oxygens (including phenoxy) is 4. The van der Waals surface area contributed by atoms with Gasteiger partial charge in [0.25, 0.3) is 0 Å². The summed E-state index contributed by atoms with van der Waals surface area (Å²) in [6, 6.07) is 9.42. The van der Waals surface area contributed by atoms with Gasteiger partial charge in [-0.2, -0.15) is 0 Å². The highest BCUT2D eigenvalue weighted by Gasteiger charge is 2.50. The molecule has 26 heavy (non-hydrogen) atoms. The molecule has 0 spiro atoms. The predicted octanol–water partition coefficient (Wildman–Crippen LogP) is 2.32. The summed E-state index contributed by atoms with van der Waals surface area (Å²) in [6.45, 7) is 5.47. The van der Waals surface area contributed by atoms with Crippen molar-refractivity contribution in [1.82, 2.24) is 0 Å². The number of hydrogen-bond donors (Lipinski definition) is 0. The van der Waals surface area contributed by atoms with Crippen LogP contribution >= 0.6 is 11.8 Å². The molecule has 8 heteroatoms. The second kappa shape index (κ2) is 9.05. The first-order valence-corrected chi connectivity index (χ1v) is 9.04. The molecule has 142 valence electrons. The van der Waals surface area contributed by atoms with Crippen LogP contribution in [-0.4, -0.2) is 47.8 Å². The smallest absolute Gasteiger partial charge is 0.303 e. The van der Waals surface area contributed by atoms with Crippen LogP contribution in [0, 0.1) is 0 Å². The molecule has 1 aromatic carbocycles. The molecule has 5 atom stereocenters. The van der Waals surface area contributed by atoms with Gasteiger partial charge in [0.05, 0.1) is 6.10 Å². The standard InChI is InChI=1S/C18H22O7S/c1-10-15(23-11(2)19)16(24-12(3)20)17(25-13(4)21)18(22-10)26-14-8-6-5-7-9-14/h5-10,15-18H,1-4H3/t10?,15-,16?,17-,18-/m0/s1. The normalized spacial score (nSPS) is 28.1. The van der Waals surface area contributed by atoms with Crippen LogP contribution in [0.4, 0.5) is 0 Å². The SMILES string of the molecule is CC(=O)OC1[C@@H](OC(C)=O)C(C)O[C@@H](Sc2ccccc2)[C@H]1OC(C)=O. The van der Waals surface area contributed by atoms with E-state index in [2.05, 4.69) is 0 Å². The number of benzene rings is 1. The van der Waals surface area contributed by atoms with Gasteiger partial charge < -0.3 is 18.9 Å². The van der Waals surface area contributed by atoms with Crippen LogP contribution in [0.1, 0.15) is 27.7 Å². The lowest BCUT2D eigenvalue weighted by atomic mass is 10.00. The van der Waals surface area contributed by atoms with Crippen LogP contribution in [0.15, 0.2) is 35.2 Å². The average Bonchev–Trinajstić information content (AvgIpc) is 2.54. The number of hydrogen-bond acceptors (Lipinski definition) is 8. The highest BCUT2D eigenvalue weighted by atomic mass is 32.2. The second-order valence-corrected chi connectivity index (χ2v) is 7.03. The Hall–Kier alpha value is -2.06. The fourth-order valence-electron chi connectivity index (χ4n) is 2.70. The monoisotopic (exact) mass is 382 g/mol. The summed E-state index contributed by atoms with van der Waals surface area (Å²) in [7, 11) is 0. The first-order valence-electron chi connectivity index (χ1n) is 8.16. The summed E-state index contributed by atoms with van der Waals surface area (Å²) in [5, 5.41) is 0. The van der Waals surface area contributed by atoms with Gasteiger partial charge in [-0.3, -0.25) is 14.4 Å². The summed E-state index contributed by atoms with van der Waals surface area (Å²) in [6.07, 6.45) is -3.34. The van der Waals surface area contributed by atoms with Crippen molar-refractivity contribution in [2.24, 2.45) is 0 Å². The maximum atomic E-state index is 11.6. The maximum absolute atomic E-state index is 11.6. The van der Waals surface area contributed by atoms with E-state index in [4.69, 9.17) is 18.9 Å². The zero-order valence-corrected chi connectivity index (χ0v) is 15.9. The Balaban J connectivity index is 2.33. The van der Waals surface area contributed by atoms with E-state index in [1.54, 1.807) is 6.92 Å². The van der Waals surface area contributed by atoms with Crippen LogP contribution < -0.4 is 0 Å². The molecule has 2 unspecified atom stereocenters. The minimum Gasteiger partial charge on any atom is -0.456 e. The number of rotatable bonds is 5. The summed E-state index contributed by atoms with van der Waals surface area (Å²) in [5.41, 5.74) is -0.632. The molecule has 0 bridgehead atoms. The Morgan fingerprint density at radius 2 is 1.35 bits per heavy atom. The number of carbonyl (C=O) groups is 3. The summed E-state index contributed by atoms with van der Waals surface area (Å²) < 4.78 is 22.0. The third-order valence-corrected chi connectivity index (χ3v) is 4.78. The van der Waals surface area contributed by atoms with Crippen molar-refractivity contribution >= 4 is 29.7 Å². The van der Waals surface area contributed by atoms with Crippen molar-refractivity contribution in [2.75, 3.05) is 0 Å². The average molecular weight is 382 g/mol. The second-order valence-electron chi connectivity index (χ2n) is 5.86. The maximum Gasteiger partial charge on any atom is 0.303 e. The van der Waals surface area contributed by atoms with Crippen molar-refractivity contribution < 1.29 is 33.3 Å². The van der Waals surface area contributed by atoms with Crippen molar-refractivity contribution in [3.63, 3.8) is 0 Å². The largest absolute Gasteiger partial charge is 0.456 e. The van der Waals surface area contributed by atoms with Gasteiger partial charge in [0, 0.05) is 25.7 Å². The quantitative estimate of drug-likeness (QED) is 0.566. The fraction of sp³-hybridized carbons (Fsp3) is 0.500. The van der Waals surface area contributed by atoms with Gasteiger partial charge in [0.15, 0.2) is 18.3 Å². The first kappa shape index (κ1) is 20.3. The minimum absolute atomic E-state index is 0.543. The molecule has 0 amide bonds. The molecule has 0 aromatic heterocycles. The highest BCUT2D eigenvalue weighted by molar-refractivity contribution is 7.99. The number of thioether (sulfide) groups is 1. The van der Waals surface area contributed by atoms with E-state index in [0.717, 1.165) is 4.90 Å². The van der Waals surface area contributed by atoms with Crippen molar-refractivity contribution in [2.45, 2.75) is 62.4 Å². The van der Waals surface area contributed by atoms with E-state index in [1.165, 1.54) is 32.5 Å². The van der Waals surface area contributed by atoms with Crippen LogP contribution in [0.25, 0.3) is 0 Å². The predicted molar refractivity (Wildman–Crippen MR) is 93.3 cm³/mol. The molecular formula is C18H22O7S. The zero-order chi connectivity index (χ0) is 19.3. The molecule has 1 aromatic rings. The fourth-order valence-corrected chi connectivity index (χ4v) is 3.86. The Morgan fingerprint density at radius 1 is 0.846 bits per heavy atom. The third kappa shape index (κ3) is 5.47. The molecule has 1 aliphatic heterocycles. The molecule has 0 saturated carbocycles. The van der Waals surface area contributed by atoms with E-state index in [-0.39, 0.29) is 0 Å². The van der Waals surface area contributed by atoms with Gasteiger partial charge in [-0.1, -0.05) is 30.0 Å². The molecule has 1 aliphatic rings. The molecule has 0 aliphatic carbocycles.